The minimum atomic E-state index is 0.934. The third-order valence-electron chi connectivity index (χ3n) is 28.7. The molecule has 0 radical (unpaired) electrons. The van der Waals surface area contributed by atoms with Gasteiger partial charge in [0, 0.05) is 82.0 Å². The molecule has 140 heavy (non-hydrogen) atoms. The molecule has 0 saturated heterocycles. The summed E-state index contributed by atoms with van der Waals surface area (Å²) in [5.41, 5.74) is 32.7. The quantitative estimate of drug-likeness (QED) is 0.0856. The molecule has 27 aromatic rings. The van der Waals surface area contributed by atoms with E-state index in [1.54, 1.807) is 0 Å². The molecule has 0 aliphatic heterocycles. The van der Waals surface area contributed by atoms with Gasteiger partial charge in [0.2, 0.25) is 0 Å². The lowest BCUT2D eigenvalue weighted by molar-refractivity contribution is 1.19. The molecule has 24 aromatic carbocycles. The van der Waals surface area contributed by atoms with E-state index in [0.717, 1.165) is 189 Å². The number of benzene rings is 24. The molecular formula is C134H88N6. The largest absolute Gasteiger partial charge is 0.310 e. The first-order valence-electron chi connectivity index (χ1n) is 48.1. The van der Waals surface area contributed by atoms with Crippen LogP contribution in [-0.4, -0.2) is 13.7 Å². The van der Waals surface area contributed by atoms with Gasteiger partial charge in [-0.15, -0.1) is 0 Å². The van der Waals surface area contributed by atoms with Crippen molar-refractivity contribution in [2.24, 2.45) is 0 Å². The molecule has 3 heterocycles. The molecule has 0 aliphatic rings. The Bertz CT molecular complexity index is 9140. The lowest BCUT2D eigenvalue weighted by Crippen LogP contribution is -2.16. The molecule has 0 bridgehead atoms. The highest BCUT2D eigenvalue weighted by atomic mass is 15.2. The first-order chi connectivity index (χ1) is 69.4. The number of anilines is 9. The van der Waals surface area contributed by atoms with Crippen molar-refractivity contribution in [2.45, 2.75) is 0 Å². The van der Waals surface area contributed by atoms with Crippen LogP contribution in [0.15, 0.2) is 534 Å². The van der Waals surface area contributed by atoms with Crippen molar-refractivity contribution in [3.05, 3.63) is 534 Å². The maximum absolute atomic E-state index is 2.55. The van der Waals surface area contributed by atoms with Crippen LogP contribution in [0.2, 0.25) is 0 Å². The average Bonchev–Trinajstić information content (AvgIpc) is 1.70. The van der Waals surface area contributed by atoms with E-state index in [9.17, 15) is 0 Å². The summed E-state index contributed by atoms with van der Waals surface area (Å²) in [4.78, 5) is 7.61. The number of aromatic nitrogens is 3. The van der Waals surface area contributed by atoms with E-state index < -0.39 is 0 Å². The van der Waals surface area contributed by atoms with Gasteiger partial charge in [-0.3, -0.25) is 0 Å². The second-order valence-electron chi connectivity index (χ2n) is 36.7. The lowest BCUT2D eigenvalue weighted by atomic mass is 9.99. The van der Waals surface area contributed by atoms with Crippen LogP contribution < -0.4 is 14.7 Å². The maximum atomic E-state index is 2.55. The Morgan fingerprint density at radius 1 is 0.114 bits per heavy atom. The van der Waals surface area contributed by atoms with Gasteiger partial charge in [0.15, 0.2) is 0 Å². The highest BCUT2D eigenvalue weighted by Gasteiger charge is 2.29. The second kappa shape index (κ2) is 33.8. The summed E-state index contributed by atoms with van der Waals surface area (Å²) in [6.45, 7) is 0. The number of hydrogen-bond acceptors (Lipinski definition) is 3. The summed E-state index contributed by atoms with van der Waals surface area (Å²) < 4.78 is 7.50. The van der Waals surface area contributed by atoms with Crippen LogP contribution in [0.1, 0.15) is 0 Å². The topological polar surface area (TPSA) is 24.5 Å². The predicted molar refractivity (Wildman–Crippen MR) is 594 cm³/mol. The zero-order valence-corrected chi connectivity index (χ0v) is 76.5. The van der Waals surface area contributed by atoms with Gasteiger partial charge in [-0.05, 0) is 245 Å². The highest BCUT2D eigenvalue weighted by Crippen LogP contribution is 2.53. The summed E-state index contributed by atoms with van der Waals surface area (Å²) in [6.07, 6.45) is 0. The van der Waals surface area contributed by atoms with E-state index >= 15 is 0 Å². The van der Waals surface area contributed by atoms with Crippen molar-refractivity contribution in [1.29, 1.82) is 0 Å². The van der Waals surface area contributed by atoms with Gasteiger partial charge in [0.25, 0.3) is 0 Å². The number of hydrogen-bond donors (Lipinski definition) is 0. The molecule has 0 amide bonds. The maximum Gasteiger partial charge on any atom is 0.0542 e. The molecule has 6 heteroatoms. The molecule has 3 aromatic heterocycles. The van der Waals surface area contributed by atoms with Gasteiger partial charge in [-0.25, -0.2) is 0 Å². The van der Waals surface area contributed by atoms with Crippen molar-refractivity contribution in [3.63, 3.8) is 0 Å². The second-order valence-corrected chi connectivity index (χ2v) is 36.7. The first-order valence-corrected chi connectivity index (χ1v) is 48.1. The monoisotopic (exact) mass is 1780 g/mol. The van der Waals surface area contributed by atoms with Crippen molar-refractivity contribution in [1.82, 2.24) is 13.7 Å². The standard InChI is InChI=1S/C134H88N6/c1-5-28-89(29-6-1)92-56-62-95(63-57-92)103-68-74-129-118(80-103)121-86-107(71-77-132(121)138(129)126-53-25-41-100-36-15-20-48-115(100)126)135(106-44-11-4-12-45-106)110-83-111(136(124-51-23-39-98-34-13-18-46-113(98)124)108-72-78-133-122(87-108)119-81-104(96-64-58-93(59-65-96)90-30-7-2-8-31-90)69-75-130(119)139(133)127-54-26-42-101-37-16-21-49-116(101)127)85-112(84-110)137(125-52-24-40-99-35-14-19-47-114(99)125)109-73-79-134-123(88-109)120-82-105(97-66-60-94(61-67-97)91-32-9-3-10-33-91)70-76-131(120)140(134)128-55-27-43-102-38-17-22-50-117(102)128/h1-88H. The first kappa shape index (κ1) is 81.0. The Balaban J connectivity index is 0.736. The average molecular weight is 1780 g/mol. The molecule has 0 saturated carbocycles. The molecule has 27 rings (SSSR count). The van der Waals surface area contributed by atoms with E-state index in [-0.39, 0.29) is 0 Å². The van der Waals surface area contributed by atoms with E-state index in [0.29, 0.717) is 0 Å². The molecule has 0 spiro atoms. The van der Waals surface area contributed by atoms with Crippen LogP contribution in [0.4, 0.5) is 51.2 Å². The number of fused-ring (bicyclic) bond motifs is 14. The molecular weight excluding hydrogens is 1690 g/mol. The van der Waals surface area contributed by atoms with Gasteiger partial charge in [0.1, 0.15) is 0 Å². The fourth-order valence-corrected chi connectivity index (χ4v) is 22.1. The molecule has 0 unspecified atom stereocenters. The Kier molecular flexibility index (Phi) is 19.5. The summed E-state index contributed by atoms with van der Waals surface area (Å²) in [7, 11) is 0. The van der Waals surface area contributed by atoms with Crippen molar-refractivity contribution >= 4 is 170 Å². The fourth-order valence-electron chi connectivity index (χ4n) is 22.1. The number of rotatable bonds is 18. The van der Waals surface area contributed by atoms with Gasteiger partial charge in [0.05, 0.1) is 78.6 Å². The summed E-state index contributed by atoms with van der Waals surface area (Å²) in [6, 6.07) is 199. The van der Waals surface area contributed by atoms with Crippen molar-refractivity contribution in [3.8, 4) is 83.8 Å². The van der Waals surface area contributed by atoms with Crippen LogP contribution in [0.5, 0.6) is 0 Å². The molecule has 0 atom stereocenters. The molecule has 0 aliphatic carbocycles. The van der Waals surface area contributed by atoms with Crippen LogP contribution in [0, 0.1) is 0 Å². The van der Waals surface area contributed by atoms with Crippen molar-refractivity contribution < 1.29 is 0 Å². The van der Waals surface area contributed by atoms with Gasteiger partial charge >= 0.3 is 0 Å². The van der Waals surface area contributed by atoms with Crippen molar-refractivity contribution in [2.75, 3.05) is 14.7 Å². The van der Waals surface area contributed by atoms with E-state index in [2.05, 4.69) is 562 Å². The SMILES string of the molecule is c1ccc(-c2ccc(-c3ccc4c(c3)c3cc(N(c5ccccc5)c5cc(N(c6ccc7c(c6)c6cc(-c8ccc(-c9ccccc9)cc8)ccc6n7-c6cccc7ccccc67)c6cccc7ccccc67)cc(N(c6ccc7c(c6)c6cc(-c8ccc(-c9ccccc9)cc8)ccc6n7-c6cccc7ccccc67)c6cccc7ccccc67)c5)ccc3n4-c3cccc4ccccc34)cc2)cc1. The minimum absolute atomic E-state index is 0.934. The Morgan fingerprint density at radius 3 is 0.643 bits per heavy atom. The fraction of sp³-hybridized carbons (Fsp3) is 0. The van der Waals surface area contributed by atoms with Crippen LogP contribution >= 0.6 is 0 Å². The third-order valence-corrected chi connectivity index (χ3v) is 28.7. The van der Waals surface area contributed by atoms with Gasteiger partial charge in [-0.2, -0.15) is 0 Å². The van der Waals surface area contributed by atoms with E-state index in [4.69, 9.17) is 0 Å². The minimum Gasteiger partial charge on any atom is -0.310 e. The zero-order chi connectivity index (χ0) is 92.2. The molecule has 0 fully saturated rings. The van der Waals surface area contributed by atoms with Gasteiger partial charge < -0.3 is 28.4 Å². The van der Waals surface area contributed by atoms with Crippen LogP contribution in [0.3, 0.4) is 0 Å². The highest BCUT2D eigenvalue weighted by molar-refractivity contribution is 6.18. The Hall–Kier alpha value is -18.6. The van der Waals surface area contributed by atoms with Gasteiger partial charge in [-0.1, -0.05) is 382 Å². The third kappa shape index (κ3) is 13.9. The molecule has 654 valence electrons. The number of para-hydroxylation sites is 1. The Labute approximate surface area is 810 Å². The summed E-state index contributed by atoms with van der Waals surface area (Å²) in [5, 5.41) is 18.3. The molecule has 6 nitrogen and oxygen atoms in total. The lowest BCUT2D eigenvalue weighted by Gasteiger charge is -2.33. The van der Waals surface area contributed by atoms with E-state index in [1.807, 2.05) is 0 Å². The van der Waals surface area contributed by atoms with Crippen LogP contribution in [0.25, 0.3) is 203 Å². The molecule has 0 N–H and O–H groups in total. The summed E-state index contributed by atoms with van der Waals surface area (Å²) >= 11 is 0. The van der Waals surface area contributed by atoms with Crippen LogP contribution in [-0.2, 0) is 0 Å². The zero-order valence-electron chi connectivity index (χ0n) is 76.5. The smallest absolute Gasteiger partial charge is 0.0542 e. The number of nitrogens with zero attached hydrogens (tertiary/aromatic N) is 6. The Morgan fingerprint density at radius 2 is 0.329 bits per heavy atom. The normalized spacial score (nSPS) is 11.7. The predicted octanol–water partition coefficient (Wildman–Crippen LogP) is 37.2. The van der Waals surface area contributed by atoms with E-state index in [1.165, 1.54) is 65.7 Å². The summed E-state index contributed by atoms with van der Waals surface area (Å²) in [5.74, 6) is 0.